The van der Waals surface area contributed by atoms with Gasteiger partial charge in [-0.25, -0.2) is 0 Å². The predicted molar refractivity (Wildman–Crippen MR) is 85.5 cm³/mol. The van der Waals surface area contributed by atoms with Crippen LogP contribution in [0.1, 0.15) is 12.6 Å². The SMILES string of the molecule is CCc1[nH]nc(-c2ccncc2)c1-c1ccccc1O.Cl. The summed E-state index contributed by atoms with van der Waals surface area (Å²) in [6.45, 7) is 2.06. The van der Waals surface area contributed by atoms with Crippen LogP contribution in [0.4, 0.5) is 0 Å². The average molecular weight is 302 g/mol. The van der Waals surface area contributed by atoms with Gasteiger partial charge in [0.2, 0.25) is 0 Å². The van der Waals surface area contributed by atoms with Gasteiger partial charge in [0.15, 0.2) is 0 Å². The fourth-order valence-corrected chi connectivity index (χ4v) is 2.33. The molecule has 0 saturated carbocycles. The first-order valence-electron chi connectivity index (χ1n) is 6.57. The molecule has 0 aliphatic heterocycles. The van der Waals surface area contributed by atoms with Crippen LogP contribution in [-0.4, -0.2) is 20.3 Å². The Balaban J connectivity index is 0.00000161. The van der Waals surface area contributed by atoms with E-state index in [1.807, 2.05) is 30.3 Å². The van der Waals surface area contributed by atoms with Crippen molar-refractivity contribution < 1.29 is 5.11 Å². The lowest BCUT2D eigenvalue weighted by Crippen LogP contribution is -1.87. The molecule has 0 fully saturated rings. The van der Waals surface area contributed by atoms with Crippen molar-refractivity contribution in [1.29, 1.82) is 0 Å². The smallest absolute Gasteiger partial charge is 0.123 e. The van der Waals surface area contributed by atoms with Gasteiger partial charge in [-0.3, -0.25) is 10.1 Å². The highest BCUT2D eigenvalue weighted by Crippen LogP contribution is 2.37. The number of phenolic OH excluding ortho intramolecular Hbond substituents is 1. The van der Waals surface area contributed by atoms with Crippen LogP contribution < -0.4 is 0 Å². The highest BCUT2D eigenvalue weighted by molar-refractivity contribution is 5.85. The molecule has 1 aromatic carbocycles. The summed E-state index contributed by atoms with van der Waals surface area (Å²) in [5, 5.41) is 17.6. The summed E-state index contributed by atoms with van der Waals surface area (Å²) >= 11 is 0. The van der Waals surface area contributed by atoms with Crippen molar-refractivity contribution >= 4 is 12.4 Å². The van der Waals surface area contributed by atoms with Crippen LogP contribution in [0.2, 0.25) is 0 Å². The number of halogens is 1. The molecular weight excluding hydrogens is 286 g/mol. The third kappa shape index (κ3) is 2.76. The van der Waals surface area contributed by atoms with Crippen molar-refractivity contribution in [1.82, 2.24) is 15.2 Å². The number of nitrogens with zero attached hydrogens (tertiary/aromatic N) is 2. The molecule has 0 aliphatic rings. The summed E-state index contributed by atoms with van der Waals surface area (Å²) in [4.78, 5) is 4.03. The number of H-pyrrole nitrogens is 1. The molecule has 3 rings (SSSR count). The number of aryl methyl sites for hydroxylation is 1. The lowest BCUT2D eigenvalue weighted by molar-refractivity contribution is 0.477. The van der Waals surface area contributed by atoms with E-state index in [0.717, 1.165) is 34.5 Å². The minimum Gasteiger partial charge on any atom is -0.507 e. The number of para-hydroxylation sites is 1. The monoisotopic (exact) mass is 301 g/mol. The summed E-state index contributed by atoms with van der Waals surface area (Å²) in [7, 11) is 0. The Morgan fingerprint density at radius 3 is 2.48 bits per heavy atom. The molecule has 0 atom stereocenters. The highest BCUT2D eigenvalue weighted by Gasteiger charge is 2.17. The summed E-state index contributed by atoms with van der Waals surface area (Å²) in [6, 6.07) is 11.2. The molecule has 0 unspecified atom stereocenters. The van der Waals surface area contributed by atoms with Gasteiger partial charge in [-0.15, -0.1) is 12.4 Å². The average Bonchev–Trinajstić information content (AvgIpc) is 2.92. The van der Waals surface area contributed by atoms with Crippen LogP contribution >= 0.6 is 12.4 Å². The third-order valence-corrected chi connectivity index (χ3v) is 3.32. The normalized spacial score (nSPS) is 10.1. The quantitative estimate of drug-likeness (QED) is 0.773. The Bertz CT molecular complexity index is 725. The molecule has 0 bridgehead atoms. The summed E-state index contributed by atoms with van der Waals surface area (Å²) in [5.74, 6) is 0.263. The van der Waals surface area contributed by atoms with Crippen LogP contribution in [0, 0.1) is 0 Å². The number of aromatic amines is 1. The second-order valence-corrected chi connectivity index (χ2v) is 4.53. The highest BCUT2D eigenvalue weighted by atomic mass is 35.5. The Labute approximate surface area is 129 Å². The maximum Gasteiger partial charge on any atom is 0.123 e. The second-order valence-electron chi connectivity index (χ2n) is 4.53. The van der Waals surface area contributed by atoms with Crippen molar-refractivity contribution in [3.63, 3.8) is 0 Å². The van der Waals surface area contributed by atoms with E-state index in [2.05, 4.69) is 22.1 Å². The number of hydrogen-bond acceptors (Lipinski definition) is 3. The molecule has 2 aromatic heterocycles. The van der Waals surface area contributed by atoms with Crippen molar-refractivity contribution in [2.24, 2.45) is 0 Å². The van der Waals surface area contributed by atoms with E-state index in [1.54, 1.807) is 18.5 Å². The predicted octanol–water partition coefficient (Wildman–Crippen LogP) is 3.83. The second kappa shape index (κ2) is 6.41. The van der Waals surface area contributed by atoms with Gasteiger partial charge >= 0.3 is 0 Å². The fraction of sp³-hybridized carbons (Fsp3) is 0.125. The molecule has 2 N–H and O–H groups in total. The zero-order valence-electron chi connectivity index (χ0n) is 11.6. The number of pyridine rings is 1. The summed E-state index contributed by atoms with van der Waals surface area (Å²) < 4.78 is 0. The van der Waals surface area contributed by atoms with E-state index >= 15 is 0 Å². The Morgan fingerprint density at radius 1 is 1.10 bits per heavy atom. The molecule has 0 saturated heterocycles. The third-order valence-electron chi connectivity index (χ3n) is 3.32. The lowest BCUT2D eigenvalue weighted by atomic mass is 9.98. The van der Waals surface area contributed by atoms with Gasteiger partial charge in [0, 0.05) is 34.8 Å². The fourth-order valence-electron chi connectivity index (χ4n) is 2.33. The van der Waals surface area contributed by atoms with Gasteiger partial charge in [0.05, 0.1) is 0 Å². The van der Waals surface area contributed by atoms with E-state index in [-0.39, 0.29) is 18.2 Å². The zero-order valence-corrected chi connectivity index (χ0v) is 12.4. The van der Waals surface area contributed by atoms with Gasteiger partial charge in [-0.05, 0) is 24.6 Å². The van der Waals surface area contributed by atoms with E-state index in [4.69, 9.17) is 0 Å². The molecule has 0 amide bonds. The Morgan fingerprint density at radius 2 is 1.81 bits per heavy atom. The van der Waals surface area contributed by atoms with Crippen molar-refractivity contribution in [2.75, 3.05) is 0 Å². The number of hydrogen-bond donors (Lipinski definition) is 2. The molecule has 4 nitrogen and oxygen atoms in total. The molecule has 3 aromatic rings. The molecule has 5 heteroatoms. The molecule has 0 spiro atoms. The van der Waals surface area contributed by atoms with Crippen LogP contribution in [-0.2, 0) is 6.42 Å². The molecule has 2 heterocycles. The molecular formula is C16H16ClN3O. The van der Waals surface area contributed by atoms with Crippen LogP contribution in [0.25, 0.3) is 22.4 Å². The molecule has 0 aliphatic carbocycles. The van der Waals surface area contributed by atoms with E-state index in [1.165, 1.54) is 0 Å². The minimum absolute atomic E-state index is 0. The van der Waals surface area contributed by atoms with Gasteiger partial charge in [-0.1, -0.05) is 25.1 Å². The number of nitrogens with one attached hydrogen (secondary N) is 1. The number of rotatable bonds is 3. The Hall–Kier alpha value is -2.33. The Kier molecular flexibility index (Phi) is 4.60. The first-order valence-corrected chi connectivity index (χ1v) is 6.57. The number of phenols is 1. The first kappa shape index (κ1) is 15.1. The minimum atomic E-state index is 0. The van der Waals surface area contributed by atoms with Crippen molar-refractivity contribution in [3.05, 3.63) is 54.5 Å². The van der Waals surface area contributed by atoms with Gasteiger partial charge in [0.1, 0.15) is 11.4 Å². The van der Waals surface area contributed by atoms with Gasteiger partial charge in [0.25, 0.3) is 0 Å². The summed E-state index contributed by atoms with van der Waals surface area (Å²) in [6.07, 6.45) is 4.30. The lowest BCUT2D eigenvalue weighted by Gasteiger charge is -2.07. The number of aromatic hydroxyl groups is 1. The van der Waals surface area contributed by atoms with E-state index in [0.29, 0.717) is 0 Å². The van der Waals surface area contributed by atoms with E-state index in [9.17, 15) is 5.11 Å². The van der Waals surface area contributed by atoms with Crippen LogP contribution in [0.5, 0.6) is 5.75 Å². The van der Waals surface area contributed by atoms with Crippen molar-refractivity contribution in [3.8, 4) is 28.1 Å². The van der Waals surface area contributed by atoms with Crippen molar-refractivity contribution in [2.45, 2.75) is 13.3 Å². The largest absolute Gasteiger partial charge is 0.507 e. The zero-order chi connectivity index (χ0) is 13.9. The molecule has 21 heavy (non-hydrogen) atoms. The molecule has 108 valence electrons. The summed E-state index contributed by atoms with van der Waals surface area (Å²) in [5.41, 5.74) is 4.58. The maximum atomic E-state index is 10.1. The first-order chi connectivity index (χ1) is 9.81. The topological polar surface area (TPSA) is 61.8 Å². The van der Waals surface area contributed by atoms with Gasteiger partial charge in [-0.2, -0.15) is 5.10 Å². The number of benzene rings is 1. The molecule has 0 radical (unpaired) electrons. The number of aromatic nitrogens is 3. The van der Waals surface area contributed by atoms with Crippen LogP contribution in [0.15, 0.2) is 48.8 Å². The maximum absolute atomic E-state index is 10.1. The van der Waals surface area contributed by atoms with Gasteiger partial charge < -0.3 is 5.11 Å². The van der Waals surface area contributed by atoms with E-state index < -0.39 is 0 Å². The standard InChI is InChI=1S/C16H15N3O.ClH/c1-2-13-15(12-5-3-4-6-14(12)20)16(19-18-13)11-7-9-17-10-8-11;/h3-10,20H,2H2,1H3,(H,18,19);1H. The van der Waals surface area contributed by atoms with Crippen LogP contribution in [0.3, 0.4) is 0 Å².